The summed E-state index contributed by atoms with van der Waals surface area (Å²) in [6, 6.07) is 5.66. The molecule has 0 fully saturated rings. The Morgan fingerprint density at radius 3 is 2.79 bits per heavy atom. The number of aromatic nitrogens is 2. The van der Waals surface area contributed by atoms with E-state index in [1.54, 1.807) is 13.3 Å². The largest absolute Gasteiger partial charge is 0.334 e. The SMILES string of the molecule is CC(CN)C(=O)Nc1ccc2c(c1)ncn2C.Cl.Cl. The first-order chi connectivity index (χ1) is 8.11. The van der Waals surface area contributed by atoms with Crippen LogP contribution in [0.15, 0.2) is 24.5 Å². The number of aryl methyl sites for hydroxylation is 1. The zero-order valence-electron chi connectivity index (χ0n) is 10.8. The molecule has 2 aromatic rings. The lowest BCUT2D eigenvalue weighted by molar-refractivity contribution is -0.119. The third-order valence-electron chi connectivity index (χ3n) is 2.79. The van der Waals surface area contributed by atoms with Crippen molar-refractivity contribution in [3.8, 4) is 0 Å². The van der Waals surface area contributed by atoms with Crippen molar-refractivity contribution in [2.75, 3.05) is 11.9 Å². The molecule has 0 spiro atoms. The predicted octanol–water partition coefficient (Wildman–Crippen LogP) is 1.95. The molecule has 0 saturated heterocycles. The van der Waals surface area contributed by atoms with Gasteiger partial charge in [-0.1, -0.05) is 6.92 Å². The van der Waals surface area contributed by atoms with Crippen LogP contribution in [0, 0.1) is 5.92 Å². The van der Waals surface area contributed by atoms with Crippen molar-refractivity contribution in [2.45, 2.75) is 6.92 Å². The summed E-state index contributed by atoms with van der Waals surface area (Å²) < 4.78 is 1.93. The molecule has 2 rings (SSSR count). The van der Waals surface area contributed by atoms with Gasteiger partial charge in [0.15, 0.2) is 0 Å². The van der Waals surface area contributed by atoms with Crippen LogP contribution in [0.25, 0.3) is 11.0 Å². The van der Waals surface area contributed by atoms with E-state index in [0.29, 0.717) is 6.54 Å². The van der Waals surface area contributed by atoms with Gasteiger partial charge >= 0.3 is 0 Å². The van der Waals surface area contributed by atoms with Crippen LogP contribution >= 0.6 is 24.8 Å². The fourth-order valence-electron chi connectivity index (χ4n) is 1.59. The normalized spacial score (nSPS) is 11.3. The van der Waals surface area contributed by atoms with E-state index in [1.165, 1.54) is 0 Å². The van der Waals surface area contributed by atoms with E-state index >= 15 is 0 Å². The van der Waals surface area contributed by atoms with Crippen molar-refractivity contribution < 1.29 is 4.79 Å². The number of carbonyl (C=O) groups excluding carboxylic acids is 1. The fraction of sp³-hybridized carbons (Fsp3) is 0.333. The third kappa shape index (κ3) is 3.83. The zero-order valence-corrected chi connectivity index (χ0v) is 12.4. The number of halogens is 2. The molecule has 106 valence electrons. The number of carbonyl (C=O) groups is 1. The topological polar surface area (TPSA) is 72.9 Å². The first kappa shape index (κ1) is 17.7. The minimum absolute atomic E-state index is 0. The average molecular weight is 305 g/mol. The van der Waals surface area contributed by atoms with Gasteiger partial charge in [0.25, 0.3) is 0 Å². The van der Waals surface area contributed by atoms with Crippen LogP contribution in [-0.2, 0) is 11.8 Å². The van der Waals surface area contributed by atoms with E-state index in [2.05, 4.69) is 10.3 Å². The predicted molar refractivity (Wildman–Crippen MR) is 82.1 cm³/mol. The molecule has 1 unspecified atom stereocenters. The second-order valence-corrected chi connectivity index (χ2v) is 4.18. The van der Waals surface area contributed by atoms with Gasteiger partial charge in [-0.25, -0.2) is 4.98 Å². The number of imidazole rings is 1. The zero-order chi connectivity index (χ0) is 12.4. The Morgan fingerprint density at radius 2 is 2.16 bits per heavy atom. The lowest BCUT2D eigenvalue weighted by Crippen LogP contribution is -2.26. The molecule has 1 aromatic carbocycles. The maximum atomic E-state index is 11.7. The number of rotatable bonds is 3. The maximum Gasteiger partial charge on any atom is 0.228 e. The lowest BCUT2D eigenvalue weighted by Gasteiger charge is -2.09. The summed E-state index contributed by atoms with van der Waals surface area (Å²) in [5.74, 6) is -0.253. The summed E-state index contributed by atoms with van der Waals surface area (Å²) in [5.41, 5.74) is 8.10. The van der Waals surface area contributed by atoms with Crippen molar-refractivity contribution in [3.63, 3.8) is 0 Å². The van der Waals surface area contributed by atoms with Crippen molar-refractivity contribution >= 4 is 47.4 Å². The van der Waals surface area contributed by atoms with Gasteiger partial charge in [-0.15, -0.1) is 24.8 Å². The van der Waals surface area contributed by atoms with Crippen molar-refractivity contribution in [1.82, 2.24) is 9.55 Å². The number of amides is 1. The van der Waals surface area contributed by atoms with Gasteiger partial charge in [0.05, 0.1) is 17.4 Å². The molecule has 0 saturated carbocycles. The van der Waals surface area contributed by atoms with E-state index < -0.39 is 0 Å². The first-order valence-electron chi connectivity index (χ1n) is 5.54. The molecule has 0 aliphatic carbocycles. The molecule has 19 heavy (non-hydrogen) atoms. The number of fused-ring (bicyclic) bond motifs is 1. The highest BCUT2D eigenvalue weighted by atomic mass is 35.5. The van der Waals surface area contributed by atoms with Gasteiger partial charge in [-0.2, -0.15) is 0 Å². The highest BCUT2D eigenvalue weighted by Gasteiger charge is 2.11. The second kappa shape index (κ2) is 7.33. The Labute approximate surface area is 124 Å². The van der Waals surface area contributed by atoms with Gasteiger partial charge in [-0.3, -0.25) is 4.79 Å². The van der Waals surface area contributed by atoms with Crippen LogP contribution in [0.2, 0.25) is 0 Å². The van der Waals surface area contributed by atoms with Crippen molar-refractivity contribution in [1.29, 1.82) is 0 Å². The average Bonchev–Trinajstić information content (AvgIpc) is 2.69. The van der Waals surface area contributed by atoms with Gasteiger partial charge in [0.2, 0.25) is 5.91 Å². The van der Waals surface area contributed by atoms with Gasteiger partial charge in [0, 0.05) is 25.2 Å². The summed E-state index contributed by atoms with van der Waals surface area (Å²) in [6.45, 7) is 2.15. The number of nitrogens with zero attached hydrogens (tertiary/aromatic N) is 2. The van der Waals surface area contributed by atoms with Crippen molar-refractivity contribution in [2.24, 2.45) is 18.7 Å². The monoisotopic (exact) mass is 304 g/mol. The van der Waals surface area contributed by atoms with E-state index in [0.717, 1.165) is 16.7 Å². The second-order valence-electron chi connectivity index (χ2n) is 4.18. The van der Waals surface area contributed by atoms with Crippen LogP contribution in [0.4, 0.5) is 5.69 Å². The highest BCUT2D eigenvalue weighted by molar-refractivity contribution is 5.94. The number of benzene rings is 1. The van der Waals surface area contributed by atoms with Crippen LogP contribution in [0.3, 0.4) is 0 Å². The summed E-state index contributed by atoms with van der Waals surface area (Å²) in [4.78, 5) is 15.9. The number of nitrogens with one attached hydrogen (secondary N) is 1. The van der Waals surface area contributed by atoms with E-state index in [1.807, 2.05) is 29.8 Å². The molecule has 0 aliphatic rings. The maximum absolute atomic E-state index is 11.7. The summed E-state index contributed by atoms with van der Waals surface area (Å²) in [5, 5.41) is 2.83. The van der Waals surface area contributed by atoms with E-state index in [4.69, 9.17) is 5.73 Å². The Bertz CT molecular complexity index is 556. The standard InChI is InChI=1S/C12H16N4O.2ClH/c1-8(6-13)12(17)15-9-3-4-11-10(5-9)14-7-16(11)2;;/h3-5,7-8H,6,13H2,1-2H3,(H,15,17);2*1H. The fourth-order valence-corrected chi connectivity index (χ4v) is 1.59. The van der Waals surface area contributed by atoms with Gasteiger partial charge in [-0.05, 0) is 18.2 Å². The lowest BCUT2D eigenvalue weighted by atomic mass is 10.1. The molecule has 0 aliphatic heterocycles. The Hall–Kier alpha value is -1.30. The molecular formula is C12H18Cl2N4O. The molecular weight excluding hydrogens is 287 g/mol. The first-order valence-corrected chi connectivity index (χ1v) is 5.54. The molecule has 1 aromatic heterocycles. The molecule has 0 bridgehead atoms. The quantitative estimate of drug-likeness (QED) is 0.910. The Morgan fingerprint density at radius 1 is 1.47 bits per heavy atom. The van der Waals surface area contributed by atoms with E-state index in [-0.39, 0.29) is 36.6 Å². The third-order valence-corrected chi connectivity index (χ3v) is 2.79. The van der Waals surface area contributed by atoms with Crippen molar-refractivity contribution in [3.05, 3.63) is 24.5 Å². The molecule has 7 heteroatoms. The van der Waals surface area contributed by atoms with Crippen LogP contribution in [0.1, 0.15) is 6.92 Å². The summed E-state index contributed by atoms with van der Waals surface area (Å²) in [7, 11) is 1.93. The minimum atomic E-state index is -0.186. The number of hydrogen-bond donors (Lipinski definition) is 2. The Kier molecular flexibility index (Phi) is 6.83. The van der Waals surface area contributed by atoms with Gasteiger partial charge in [0.1, 0.15) is 0 Å². The number of nitrogens with two attached hydrogens (primary N) is 1. The number of anilines is 1. The molecule has 3 N–H and O–H groups in total. The number of hydrogen-bond acceptors (Lipinski definition) is 3. The Balaban J connectivity index is 0.00000162. The van der Waals surface area contributed by atoms with Gasteiger partial charge < -0.3 is 15.6 Å². The molecule has 0 radical (unpaired) electrons. The summed E-state index contributed by atoms with van der Waals surface area (Å²) >= 11 is 0. The van der Waals surface area contributed by atoms with Crippen LogP contribution in [-0.4, -0.2) is 22.0 Å². The minimum Gasteiger partial charge on any atom is -0.334 e. The van der Waals surface area contributed by atoms with Crippen LogP contribution < -0.4 is 11.1 Å². The van der Waals surface area contributed by atoms with Crippen LogP contribution in [0.5, 0.6) is 0 Å². The molecule has 1 atom stereocenters. The molecule has 1 heterocycles. The molecule has 1 amide bonds. The molecule has 5 nitrogen and oxygen atoms in total. The summed E-state index contributed by atoms with van der Waals surface area (Å²) in [6.07, 6.45) is 1.75. The highest BCUT2D eigenvalue weighted by Crippen LogP contribution is 2.17. The smallest absolute Gasteiger partial charge is 0.228 e. The van der Waals surface area contributed by atoms with E-state index in [9.17, 15) is 4.79 Å².